The molecule has 4 heterocycles. The summed E-state index contributed by atoms with van der Waals surface area (Å²) in [6.07, 6.45) is -0.422. The Balaban J connectivity index is 1.73. The van der Waals surface area contributed by atoms with Crippen molar-refractivity contribution in [3.63, 3.8) is 0 Å². The van der Waals surface area contributed by atoms with Crippen molar-refractivity contribution in [1.82, 2.24) is 20.8 Å². The number of aryl methyl sites for hydroxylation is 1. The van der Waals surface area contributed by atoms with E-state index in [0.29, 0.717) is 17.0 Å². The Bertz CT molecular complexity index is 1180. The van der Waals surface area contributed by atoms with Crippen molar-refractivity contribution in [1.29, 1.82) is 0 Å². The molecule has 1 aromatic heterocycles. The maximum Gasteiger partial charge on any atom is 0.243 e. The Labute approximate surface area is 193 Å². The summed E-state index contributed by atoms with van der Waals surface area (Å²) in [5, 5.41) is 14.2. The van der Waals surface area contributed by atoms with E-state index in [0.717, 1.165) is 0 Å². The van der Waals surface area contributed by atoms with Crippen LogP contribution in [0.4, 0.5) is 14.5 Å². The summed E-state index contributed by atoms with van der Waals surface area (Å²) in [7, 11) is 0. The van der Waals surface area contributed by atoms with E-state index in [1.807, 2.05) is 13.8 Å². The monoisotopic (exact) mass is 475 g/mol. The fourth-order valence-corrected chi connectivity index (χ4v) is 6.06. The molecule has 2 amide bonds. The molecular weight excluding hydrogens is 452 g/mol. The van der Waals surface area contributed by atoms with Crippen molar-refractivity contribution >= 4 is 28.8 Å². The zero-order chi connectivity index (χ0) is 23.7. The van der Waals surface area contributed by atoms with Crippen LogP contribution in [0.3, 0.4) is 0 Å². The summed E-state index contributed by atoms with van der Waals surface area (Å²) in [5.41, 5.74) is -1.23. The Kier molecular flexibility index (Phi) is 5.02. The lowest BCUT2D eigenvalue weighted by Gasteiger charge is -2.55. The number of hydrogen-bond donors (Lipinski definition) is 2. The number of ether oxygens (including phenoxy) is 1. The second-order valence-electron chi connectivity index (χ2n) is 8.70. The number of hydrogen-bond acceptors (Lipinski definition) is 7. The number of amides is 2. The number of aromatic nitrogens is 2. The van der Waals surface area contributed by atoms with Crippen molar-refractivity contribution < 1.29 is 23.1 Å². The highest BCUT2D eigenvalue weighted by molar-refractivity contribution is 7.14. The van der Waals surface area contributed by atoms with Gasteiger partial charge in [-0.1, -0.05) is 24.8 Å². The maximum absolute atomic E-state index is 15.6. The first-order valence-corrected chi connectivity index (χ1v) is 11.6. The first-order chi connectivity index (χ1) is 15.7. The zero-order valence-corrected chi connectivity index (χ0v) is 19.2. The van der Waals surface area contributed by atoms with E-state index < -0.39 is 41.0 Å². The molecule has 3 atom stereocenters. The number of nitrogens with one attached hydrogen (secondary N) is 2. The van der Waals surface area contributed by atoms with E-state index in [2.05, 4.69) is 27.4 Å². The minimum absolute atomic E-state index is 0.0348. The number of anilines is 1. The molecule has 0 aliphatic carbocycles. The molecule has 1 aromatic carbocycles. The highest BCUT2D eigenvalue weighted by Crippen LogP contribution is 2.49. The van der Waals surface area contributed by atoms with Crippen molar-refractivity contribution in [3.8, 4) is 10.6 Å². The number of morpholine rings is 1. The predicted molar refractivity (Wildman–Crippen MR) is 117 cm³/mol. The van der Waals surface area contributed by atoms with Crippen LogP contribution in [0.1, 0.15) is 31.3 Å². The molecule has 0 saturated carbocycles. The van der Waals surface area contributed by atoms with Gasteiger partial charge in [0.05, 0.1) is 29.5 Å². The zero-order valence-electron chi connectivity index (χ0n) is 18.4. The third-order valence-corrected chi connectivity index (χ3v) is 7.64. The fraction of sp³-hybridized carbons (Fsp3) is 0.455. The second kappa shape index (κ2) is 7.56. The molecule has 2 fully saturated rings. The largest absolute Gasteiger partial charge is 0.372 e. The maximum atomic E-state index is 15.6. The molecule has 2 N–H and O–H groups in total. The number of carbonyl (C=O) groups is 2. The van der Waals surface area contributed by atoms with Gasteiger partial charge >= 0.3 is 0 Å². The number of benzene rings is 1. The molecule has 11 heteroatoms. The summed E-state index contributed by atoms with van der Waals surface area (Å²) < 4.78 is 36.9. The standard InChI is InChI=1S/C22H23F2N5O3S/c1-5-14-27-28-19(33-14)13-6-12-7-22(20(30)25-11(4)26-21(22)31)18-10(3)32-9(2)8-29(18)17(12)16(24)15(13)23/h6,9-10,18H,4-5,7-8H2,1-3H3,(H,25,30)(H,26,31)/t9?,10?,18-/m0/s1. The Hall–Kier alpha value is -2.92. The van der Waals surface area contributed by atoms with E-state index in [-0.39, 0.29) is 41.1 Å². The van der Waals surface area contributed by atoms with Gasteiger partial charge in [-0.25, -0.2) is 8.78 Å². The van der Waals surface area contributed by atoms with Crippen LogP contribution in [0.5, 0.6) is 0 Å². The van der Waals surface area contributed by atoms with E-state index >= 15 is 8.78 Å². The Morgan fingerprint density at radius 1 is 1.24 bits per heavy atom. The average molecular weight is 476 g/mol. The number of fused-ring (bicyclic) bond motifs is 4. The van der Waals surface area contributed by atoms with Gasteiger partial charge in [-0.3, -0.25) is 9.59 Å². The third kappa shape index (κ3) is 3.09. The van der Waals surface area contributed by atoms with E-state index in [1.165, 1.54) is 17.4 Å². The predicted octanol–water partition coefficient (Wildman–Crippen LogP) is 2.29. The van der Waals surface area contributed by atoms with E-state index in [9.17, 15) is 9.59 Å². The van der Waals surface area contributed by atoms with Gasteiger partial charge in [0, 0.05) is 13.0 Å². The molecule has 2 saturated heterocycles. The van der Waals surface area contributed by atoms with Crippen LogP contribution in [0.2, 0.25) is 0 Å². The van der Waals surface area contributed by atoms with Crippen LogP contribution in [-0.2, 0) is 27.2 Å². The van der Waals surface area contributed by atoms with E-state index in [1.54, 1.807) is 11.8 Å². The molecule has 3 aliphatic heterocycles. The van der Waals surface area contributed by atoms with Crippen molar-refractivity contribution in [2.24, 2.45) is 5.41 Å². The summed E-state index contributed by atoms with van der Waals surface area (Å²) in [6, 6.07) is 0.655. The normalized spacial score (nSPS) is 26.0. The summed E-state index contributed by atoms with van der Waals surface area (Å²) >= 11 is 1.18. The van der Waals surface area contributed by atoms with Crippen LogP contribution in [-0.4, -0.2) is 46.8 Å². The lowest BCUT2D eigenvalue weighted by atomic mass is 9.66. The first kappa shape index (κ1) is 21.9. The van der Waals surface area contributed by atoms with Gasteiger partial charge in [-0.05, 0) is 31.9 Å². The van der Waals surface area contributed by atoms with Crippen LogP contribution < -0.4 is 15.5 Å². The van der Waals surface area contributed by atoms with Crippen LogP contribution in [0, 0.1) is 17.0 Å². The summed E-state index contributed by atoms with van der Waals surface area (Å²) in [4.78, 5) is 28.3. The van der Waals surface area contributed by atoms with Crippen LogP contribution in [0.25, 0.3) is 10.6 Å². The number of halogens is 2. The summed E-state index contributed by atoms with van der Waals surface area (Å²) in [6.45, 7) is 9.27. The van der Waals surface area contributed by atoms with Gasteiger partial charge in [-0.2, -0.15) is 0 Å². The molecule has 5 rings (SSSR count). The highest BCUT2D eigenvalue weighted by Gasteiger charge is 2.62. The van der Waals surface area contributed by atoms with Crippen LogP contribution >= 0.6 is 11.3 Å². The van der Waals surface area contributed by atoms with Crippen molar-refractivity contribution in [2.45, 2.75) is 51.9 Å². The molecule has 0 bridgehead atoms. The Morgan fingerprint density at radius 2 is 1.94 bits per heavy atom. The highest BCUT2D eigenvalue weighted by atomic mass is 32.1. The molecule has 8 nitrogen and oxygen atoms in total. The summed E-state index contributed by atoms with van der Waals surface area (Å²) in [5.74, 6) is -3.06. The molecule has 3 aliphatic rings. The van der Waals surface area contributed by atoms with Gasteiger partial charge in [0.2, 0.25) is 11.8 Å². The van der Waals surface area contributed by atoms with Gasteiger partial charge < -0.3 is 20.3 Å². The topological polar surface area (TPSA) is 96.5 Å². The van der Waals surface area contributed by atoms with Crippen LogP contribution in [0.15, 0.2) is 18.5 Å². The smallest absolute Gasteiger partial charge is 0.243 e. The van der Waals surface area contributed by atoms with Gasteiger partial charge in [-0.15, -0.1) is 10.2 Å². The third-order valence-electron chi connectivity index (χ3n) is 6.54. The first-order valence-electron chi connectivity index (χ1n) is 10.7. The average Bonchev–Trinajstić information content (AvgIpc) is 3.22. The van der Waals surface area contributed by atoms with Gasteiger partial charge in [0.1, 0.15) is 10.8 Å². The molecule has 33 heavy (non-hydrogen) atoms. The SMILES string of the molecule is C=C1NC(=O)C2(Cc3cc(-c4nnc(CC)s4)c(F)c(F)c3N3CC(C)OC(C)[C@H]32)C(=O)N1. The quantitative estimate of drug-likeness (QED) is 0.647. The van der Waals surface area contributed by atoms with Gasteiger partial charge in [0.15, 0.2) is 22.1 Å². The molecule has 2 aromatic rings. The minimum atomic E-state index is -1.61. The van der Waals surface area contributed by atoms with Crippen molar-refractivity contribution in [3.05, 3.63) is 40.7 Å². The van der Waals surface area contributed by atoms with Crippen molar-refractivity contribution in [2.75, 3.05) is 11.4 Å². The molecule has 0 radical (unpaired) electrons. The molecular formula is C22H23F2N5O3S. The molecule has 174 valence electrons. The lowest BCUT2D eigenvalue weighted by molar-refractivity contribution is -0.154. The number of carbonyl (C=O) groups excluding carboxylic acids is 2. The number of rotatable bonds is 2. The van der Waals surface area contributed by atoms with E-state index in [4.69, 9.17) is 4.74 Å². The second-order valence-corrected chi connectivity index (χ2v) is 9.76. The molecule has 1 spiro atoms. The molecule has 2 unspecified atom stereocenters. The lowest BCUT2D eigenvalue weighted by Crippen LogP contribution is -2.74. The fourth-order valence-electron chi connectivity index (χ4n) is 5.27. The van der Waals surface area contributed by atoms with Gasteiger partial charge in [0.25, 0.3) is 0 Å². The number of nitrogens with zero attached hydrogens (tertiary/aromatic N) is 3. The minimum Gasteiger partial charge on any atom is -0.372 e. The Morgan fingerprint density at radius 3 is 2.58 bits per heavy atom.